The van der Waals surface area contributed by atoms with Crippen molar-refractivity contribution >= 4 is 11.8 Å². The molecular weight excluding hydrogens is 233 g/mol. The first-order chi connectivity index (χ1) is 8.01. The molecule has 0 saturated carbocycles. The van der Waals surface area contributed by atoms with E-state index in [1.54, 1.807) is 11.8 Å². The van der Waals surface area contributed by atoms with Gasteiger partial charge in [0.1, 0.15) is 0 Å². The minimum absolute atomic E-state index is 0.136. The average Bonchev–Trinajstić information content (AvgIpc) is 2.27. The fraction of sp³-hybridized carbons (Fsp3) is 0.571. The van der Waals surface area contributed by atoms with Gasteiger partial charge in [-0.2, -0.15) is 0 Å². The number of hydrogen-bond donors (Lipinski definition) is 1. The molecule has 3 heteroatoms. The Kier molecular flexibility index (Phi) is 6.00. The van der Waals surface area contributed by atoms with Gasteiger partial charge in [0.05, 0.1) is 6.67 Å². The van der Waals surface area contributed by atoms with Crippen LogP contribution in [0.15, 0.2) is 29.2 Å². The van der Waals surface area contributed by atoms with E-state index in [4.69, 9.17) is 0 Å². The third-order valence-corrected chi connectivity index (χ3v) is 3.35. The summed E-state index contributed by atoms with van der Waals surface area (Å²) in [7, 11) is 0. The zero-order valence-corrected chi connectivity index (χ0v) is 11.7. The van der Waals surface area contributed by atoms with E-state index in [0.717, 1.165) is 12.3 Å². The standard InChI is InChI=1S/C14H22FNS/c1-14(2,3)16-11-12-6-4-7-13(10-12)17-9-5-8-15/h4,6-7,10,16H,5,8-9,11H2,1-3H3. The number of benzene rings is 1. The zero-order valence-electron chi connectivity index (χ0n) is 10.9. The molecule has 1 aromatic rings. The van der Waals surface area contributed by atoms with E-state index in [1.807, 2.05) is 0 Å². The summed E-state index contributed by atoms with van der Waals surface area (Å²) in [6.07, 6.45) is 0.634. The highest BCUT2D eigenvalue weighted by atomic mass is 32.2. The topological polar surface area (TPSA) is 12.0 Å². The van der Waals surface area contributed by atoms with Crippen molar-refractivity contribution in [3.8, 4) is 0 Å². The average molecular weight is 255 g/mol. The van der Waals surface area contributed by atoms with Crippen LogP contribution in [0.2, 0.25) is 0 Å². The van der Waals surface area contributed by atoms with E-state index in [9.17, 15) is 4.39 Å². The van der Waals surface area contributed by atoms with Gasteiger partial charge in [0.2, 0.25) is 0 Å². The van der Waals surface area contributed by atoms with Gasteiger partial charge in [0.15, 0.2) is 0 Å². The lowest BCUT2D eigenvalue weighted by atomic mass is 10.1. The fourth-order valence-corrected chi connectivity index (χ4v) is 2.26. The SMILES string of the molecule is CC(C)(C)NCc1cccc(SCCCF)c1. The third kappa shape index (κ3) is 6.69. The quantitative estimate of drug-likeness (QED) is 0.608. The highest BCUT2D eigenvalue weighted by molar-refractivity contribution is 7.99. The lowest BCUT2D eigenvalue weighted by Crippen LogP contribution is -2.35. The Morgan fingerprint density at radius 3 is 2.71 bits per heavy atom. The summed E-state index contributed by atoms with van der Waals surface area (Å²) in [5, 5.41) is 3.46. The maximum atomic E-state index is 12.0. The molecule has 0 bridgehead atoms. The van der Waals surface area contributed by atoms with Gasteiger partial charge >= 0.3 is 0 Å². The number of nitrogens with one attached hydrogen (secondary N) is 1. The molecule has 0 radical (unpaired) electrons. The molecule has 1 rings (SSSR count). The van der Waals surface area contributed by atoms with E-state index in [-0.39, 0.29) is 12.2 Å². The van der Waals surface area contributed by atoms with Crippen molar-refractivity contribution in [3.63, 3.8) is 0 Å². The van der Waals surface area contributed by atoms with Gasteiger partial charge in [-0.25, -0.2) is 0 Å². The van der Waals surface area contributed by atoms with Crippen LogP contribution in [0.3, 0.4) is 0 Å². The predicted molar refractivity (Wildman–Crippen MR) is 74.4 cm³/mol. The molecule has 0 aliphatic rings. The number of alkyl halides is 1. The highest BCUT2D eigenvalue weighted by Crippen LogP contribution is 2.20. The summed E-state index contributed by atoms with van der Waals surface area (Å²) in [5.74, 6) is 0.854. The molecule has 17 heavy (non-hydrogen) atoms. The van der Waals surface area contributed by atoms with Gasteiger partial charge in [-0.05, 0) is 44.9 Å². The van der Waals surface area contributed by atoms with Gasteiger partial charge in [-0.3, -0.25) is 4.39 Å². The monoisotopic (exact) mass is 255 g/mol. The van der Waals surface area contributed by atoms with E-state index in [1.165, 1.54) is 10.5 Å². The molecule has 0 fully saturated rings. The van der Waals surface area contributed by atoms with Crippen molar-refractivity contribution in [1.82, 2.24) is 5.32 Å². The smallest absolute Gasteiger partial charge is 0.0902 e. The summed E-state index contributed by atoms with van der Waals surface area (Å²) >= 11 is 1.72. The second kappa shape index (κ2) is 7.02. The molecular formula is C14H22FNS. The summed E-state index contributed by atoms with van der Waals surface area (Å²) < 4.78 is 12.0. The number of rotatable bonds is 6. The second-order valence-electron chi connectivity index (χ2n) is 5.14. The molecule has 0 aromatic heterocycles. The summed E-state index contributed by atoms with van der Waals surface area (Å²) in [6, 6.07) is 8.46. The summed E-state index contributed by atoms with van der Waals surface area (Å²) in [6.45, 7) is 7.13. The van der Waals surface area contributed by atoms with Crippen LogP contribution in [0.25, 0.3) is 0 Å². The maximum Gasteiger partial charge on any atom is 0.0902 e. The molecule has 0 amide bonds. The molecule has 0 saturated heterocycles. The van der Waals surface area contributed by atoms with Crippen LogP contribution >= 0.6 is 11.8 Å². The molecule has 0 aliphatic heterocycles. The lowest BCUT2D eigenvalue weighted by Gasteiger charge is -2.20. The summed E-state index contributed by atoms with van der Waals surface area (Å²) in [4.78, 5) is 1.23. The van der Waals surface area contributed by atoms with Gasteiger partial charge in [-0.15, -0.1) is 11.8 Å². The van der Waals surface area contributed by atoms with Gasteiger partial charge in [-0.1, -0.05) is 12.1 Å². The largest absolute Gasteiger partial charge is 0.308 e. The highest BCUT2D eigenvalue weighted by Gasteiger charge is 2.08. The molecule has 1 aromatic carbocycles. The van der Waals surface area contributed by atoms with E-state index in [2.05, 4.69) is 50.4 Å². The molecule has 1 nitrogen and oxygen atoms in total. The Morgan fingerprint density at radius 1 is 1.29 bits per heavy atom. The van der Waals surface area contributed by atoms with Crippen LogP contribution in [-0.4, -0.2) is 18.0 Å². The van der Waals surface area contributed by atoms with Crippen molar-refractivity contribution in [2.45, 2.75) is 44.2 Å². The van der Waals surface area contributed by atoms with Crippen LogP contribution in [0.4, 0.5) is 4.39 Å². The number of thioether (sulfide) groups is 1. The molecule has 0 aliphatic carbocycles. The van der Waals surface area contributed by atoms with E-state index < -0.39 is 0 Å². The first kappa shape index (κ1) is 14.5. The van der Waals surface area contributed by atoms with Gasteiger partial charge in [0, 0.05) is 22.7 Å². The second-order valence-corrected chi connectivity index (χ2v) is 6.31. The number of halogens is 1. The Balaban J connectivity index is 2.48. The molecule has 0 unspecified atom stereocenters. The Hall–Kier alpha value is -0.540. The first-order valence-electron chi connectivity index (χ1n) is 6.04. The Morgan fingerprint density at radius 2 is 2.06 bits per heavy atom. The molecule has 0 spiro atoms. The molecule has 96 valence electrons. The van der Waals surface area contributed by atoms with Crippen LogP contribution in [0.1, 0.15) is 32.8 Å². The van der Waals surface area contributed by atoms with Crippen LogP contribution in [-0.2, 0) is 6.54 Å². The predicted octanol–water partition coefficient (Wildman–Crippen LogP) is 4.03. The number of hydrogen-bond acceptors (Lipinski definition) is 2. The Bertz CT molecular complexity index is 333. The van der Waals surface area contributed by atoms with E-state index >= 15 is 0 Å². The molecule has 1 N–H and O–H groups in total. The van der Waals surface area contributed by atoms with Gasteiger partial charge < -0.3 is 5.32 Å². The Labute approximate surface area is 108 Å². The molecule has 0 heterocycles. The van der Waals surface area contributed by atoms with Crippen molar-refractivity contribution < 1.29 is 4.39 Å². The lowest BCUT2D eigenvalue weighted by molar-refractivity contribution is 0.424. The molecule has 0 atom stereocenters. The normalized spacial score (nSPS) is 11.8. The maximum absolute atomic E-state index is 12.0. The summed E-state index contributed by atoms with van der Waals surface area (Å²) in [5.41, 5.74) is 1.42. The zero-order chi connectivity index (χ0) is 12.7. The minimum atomic E-state index is -0.224. The van der Waals surface area contributed by atoms with Gasteiger partial charge in [0.25, 0.3) is 0 Å². The van der Waals surface area contributed by atoms with Crippen molar-refractivity contribution in [2.24, 2.45) is 0 Å². The minimum Gasteiger partial charge on any atom is -0.308 e. The van der Waals surface area contributed by atoms with Crippen molar-refractivity contribution in [2.75, 3.05) is 12.4 Å². The van der Waals surface area contributed by atoms with Crippen LogP contribution in [0.5, 0.6) is 0 Å². The van der Waals surface area contributed by atoms with Crippen LogP contribution in [0, 0.1) is 0 Å². The van der Waals surface area contributed by atoms with E-state index in [0.29, 0.717) is 6.42 Å². The first-order valence-corrected chi connectivity index (χ1v) is 7.02. The van der Waals surface area contributed by atoms with Crippen molar-refractivity contribution in [3.05, 3.63) is 29.8 Å². The fourth-order valence-electron chi connectivity index (χ4n) is 1.36. The van der Waals surface area contributed by atoms with Crippen LogP contribution < -0.4 is 5.32 Å². The third-order valence-electron chi connectivity index (χ3n) is 2.27. The van der Waals surface area contributed by atoms with Crippen molar-refractivity contribution in [1.29, 1.82) is 0 Å².